The van der Waals surface area contributed by atoms with Crippen LogP contribution in [0, 0.1) is 11.6 Å². The number of hydrogen-bond acceptors (Lipinski definition) is 1. The number of ketones is 1. The van der Waals surface area contributed by atoms with E-state index >= 15 is 0 Å². The Morgan fingerprint density at radius 1 is 1.00 bits per heavy atom. The van der Waals surface area contributed by atoms with E-state index in [1.54, 1.807) is 0 Å². The first-order valence-electron chi connectivity index (χ1n) is 6.43. The smallest absolute Gasteiger partial charge is 0.147 e. The summed E-state index contributed by atoms with van der Waals surface area (Å²) in [6.07, 6.45) is 0.0105. The Bertz CT molecular complexity index is 598. The van der Waals surface area contributed by atoms with Crippen molar-refractivity contribution < 1.29 is 13.6 Å². The third-order valence-corrected chi connectivity index (χ3v) is 3.48. The maximum atomic E-state index is 13.1. The van der Waals surface area contributed by atoms with Crippen molar-refractivity contribution in [3.8, 4) is 0 Å². The number of halogens is 2. The lowest BCUT2D eigenvalue weighted by molar-refractivity contribution is -0.122. The van der Waals surface area contributed by atoms with Gasteiger partial charge in [-0.05, 0) is 37.1 Å². The van der Waals surface area contributed by atoms with E-state index in [2.05, 4.69) is 0 Å². The third kappa shape index (κ3) is 3.10. The van der Waals surface area contributed by atoms with Gasteiger partial charge in [-0.3, -0.25) is 4.79 Å². The molecule has 0 atom stereocenters. The molecule has 0 aliphatic carbocycles. The summed E-state index contributed by atoms with van der Waals surface area (Å²) in [4.78, 5) is 12.4. The van der Waals surface area contributed by atoms with E-state index in [0.29, 0.717) is 5.56 Å². The van der Waals surface area contributed by atoms with Crippen LogP contribution in [-0.2, 0) is 16.6 Å². The van der Waals surface area contributed by atoms with Gasteiger partial charge in [0.15, 0.2) is 0 Å². The monoisotopic (exact) mass is 274 g/mol. The van der Waals surface area contributed by atoms with Gasteiger partial charge in [-0.2, -0.15) is 0 Å². The van der Waals surface area contributed by atoms with Gasteiger partial charge >= 0.3 is 0 Å². The first-order valence-corrected chi connectivity index (χ1v) is 6.43. The van der Waals surface area contributed by atoms with E-state index in [-0.39, 0.29) is 12.2 Å². The Labute approximate surface area is 117 Å². The van der Waals surface area contributed by atoms with Gasteiger partial charge < -0.3 is 0 Å². The molecule has 0 unspecified atom stereocenters. The minimum absolute atomic E-state index is 0.0105. The van der Waals surface area contributed by atoms with Gasteiger partial charge in [0.05, 0.1) is 0 Å². The minimum atomic E-state index is -0.690. The lowest BCUT2D eigenvalue weighted by Crippen LogP contribution is -2.30. The molecule has 2 aromatic carbocycles. The minimum Gasteiger partial charge on any atom is -0.298 e. The van der Waals surface area contributed by atoms with E-state index in [1.807, 2.05) is 44.2 Å². The number of benzene rings is 2. The van der Waals surface area contributed by atoms with E-state index in [9.17, 15) is 13.6 Å². The molecule has 2 rings (SSSR count). The summed E-state index contributed by atoms with van der Waals surface area (Å²) in [5.41, 5.74) is 0.558. The van der Waals surface area contributed by atoms with Crippen LogP contribution in [0.1, 0.15) is 25.0 Å². The number of carbonyl (C=O) groups excluding carboxylic acids is 1. The molecule has 0 fully saturated rings. The first-order chi connectivity index (χ1) is 9.39. The summed E-state index contributed by atoms with van der Waals surface area (Å²) < 4.78 is 26.3. The van der Waals surface area contributed by atoms with E-state index < -0.39 is 17.0 Å². The number of carbonyl (C=O) groups is 1. The van der Waals surface area contributed by atoms with Crippen LogP contribution in [-0.4, -0.2) is 5.78 Å². The standard InChI is InChI=1S/C17H16F2O/c1-17(2,13-6-4-3-5-7-13)16(20)10-12-8-14(18)11-15(19)9-12/h3-9,11H,10H2,1-2H3. The quantitative estimate of drug-likeness (QED) is 0.822. The molecular weight excluding hydrogens is 258 g/mol. The highest BCUT2D eigenvalue weighted by atomic mass is 19.1. The first kappa shape index (κ1) is 14.4. The zero-order valence-corrected chi connectivity index (χ0v) is 11.5. The Hall–Kier alpha value is -2.03. The maximum Gasteiger partial charge on any atom is 0.147 e. The van der Waals surface area contributed by atoms with Crippen molar-refractivity contribution in [1.82, 2.24) is 0 Å². The SMILES string of the molecule is CC(C)(C(=O)Cc1cc(F)cc(F)c1)c1ccccc1. The zero-order chi connectivity index (χ0) is 14.8. The lowest BCUT2D eigenvalue weighted by atomic mass is 9.78. The van der Waals surface area contributed by atoms with Crippen molar-refractivity contribution in [2.75, 3.05) is 0 Å². The maximum absolute atomic E-state index is 13.1. The highest BCUT2D eigenvalue weighted by Gasteiger charge is 2.29. The molecule has 0 bridgehead atoms. The van der Waals surface area contributed by atoms with Crippen LogP contribution in [0.25, 0.3) is 0 Å². The largest absolute Gasteiger partial charge is 0.298 e. The summed E-state index contributed by atoms with van der Waals surface area (Å²) in [6.45, 7) is 3.64. The van der Waals surface area contributed by atoms with Crippen molar-refractivity contribution in [2.24, 2.45) is 0 Å². The molecule has 0 radical (unpaired) electrons. The molecule has 0 saturated heterocycles. The van der Waals surface area contributed by atoms with Crippen molar-refractivity contribution in [1.29, 1.82) is 0 Å². The summed E-state index contributed by atoms with van der Waals surface area (Å²) in [5, 5.41) is 0. The van der Waals surface area contributed by atoms with Crippen LogP contribution in [0.4, 0.5) is 8.78 Å². The molecule has 0 amide bonds. The van der Waals surface area contributed by atoms with Crippen molar-refractivity contribution in [2.45, 2.75) is 25.7 Å². The molecule has 0 aromatic heterocycles. The van der Waals surface area contributed by atoms with Crippen LogP contribution in [0.15, 0.2) is 48.5 Å². The van der Waals surface area contributed by atoms with Crippen LogP contribution in [0.5, 0.6) is 0 Å². The second-order valence-electron chi connectivity index (χ2n) is 5.37. The normalized spacial score (nSPS) is 11.4. The van der Waals surface area contributed by atoms with Crippen LogP contribution in [0.3, 0.4) is 0 Å². The number of hydrogen-bond donors (Lipinski definition) is 0. The molecule has 0 spiro atoms. The molecule has 0 aliphatic heterocycles. The summed E-state index contributed by atoms with van der Waals surface area (Å²) in [5.74, 6) is -1.40. The van der Waals surface area contributed by atoms with Gasteiger partial charge in [-0.25, -0.2) is 8.78 Å². The number of rotatable bonds is 4. The fraction of sp³-hybridized carbons (Fsp3) is 0.235. The molecule has 2 aromatic rings. The summed E-state index contributed by atoms with van der Waals surface area (Å²) >= 11 is 0. The van der Waals surface area contributed by atoms with Gasteiger partial charge in [-0.15, -0.1) is 0 Å². The van der Waals surface area contributed by atoms with E-state index in [4.69, 9.17) is 0 Å². The Morgan fingerprint density at radius 3 is 2.10 bits per heavy atom. The molecule has 20 heavy (non-hydrogen) atoms. The second-order valence-corrected chi connectivity index (χ2v) is 5.37. The molecule has 0 heterocycles. The second kappa shape index (κ2) is 5.53. The van der Waals surface area contributed by atoms with E-state index in [0.717, 1.165) is 11.6 Å². The molecule has 0 saturated carbocycles. The van der Waals surface area contributed by atoms with Gasteiger partial charge in [-0.1, -0.05) is 30.3 Å². The van der Waals surface area contributed by atoms with Gasteiger partial charge in [0.1, 0.15) is 17.4 Å². The molecule has 0 N–H and O–H groups in total. The predicted molar refractivity (Wildman–Crippen MR) is 74.5 cm³/mol. The highest BCUT2D eigenvalue weighted by Crippen LogP contribution is 2.26. The predicted octanol–water partition coefficient (Wildman–Crippen LogP) is 4.05. The molecule has 3 heteroatoms. The van der Waals surface area contributed by atoms with Crippen molar-refractivity contribution in [3.63, 3.8) is 0 Å². The van der Waals surface area contributed by atoms with Gasteiger partial charge in [0.2, 0.25) is 0 Å². The number of Topliss-reactive ketones (excluding diaryl/α,β-unsaturated/α-hetero) is 1. The van der Waals surface area contributed by atoms with Crippen molar-refractivity contribution >= 4 is 5.78 Å². The van der Waals surface area contributed by atoms with Gasteiger partial charge in [0, 0.05) is 17.9 Å². The topological polar surface area (TPSA) is 17.1 Å². The molecule has 104 valence electrons. The fourth-order valence-electron chi connectivity index (χ4n) is 2.14. The van der Waals surface area contributed by atoms with Crippen LogP contribution >= 0.6 is 0 Å². The third-order valence-electron chi connectivity index (χ3n) is 3.48. The van der Waals surface area contributed by atoms with Gasteiger partial charge in [0.25, 0.3) is 0 Å². The molecule has 0 aliphatic rings. The average Bonchev–Trinajstić information content (AvgIpc) is 2.38. The Morgan fingerprint density at radius 2 is 1.55 bits per heavy atom. The zero-order valence-electron chi connectivity index (χ0n) is 11.5. The Balaban J connectivity index is 2.23. The molecule has 1 nitrogen and oxygen atoms in total. The van der Waals surface area contributed by atoms with E-state index in [1.165, 1.54) is 12.1 Å². The highest BCUT2D eigenvalue weighted by molar-refractivity contribution is 5.91. The van der Waals surface area contributed by atoms with Crippen LogP contribution < -0.4 is 0 Å². The molecular formula is C17H16F2O. The Kier molecular flexibility index (Phi) is 3.98. The van der Waals surface area contributed by atoms with Crippen LogP contribution in [0.2, 0.25) is 0 Å². The summed E-state index contributed by atoms with van der Waals surface area (Å²) in [7, 11) is 0. The lowest BCUT2D eigenvalue weighted by Gasteiger charge is -2.23. The summed E-state index contributed by atoms with van der Waals surface area (Å²) in [6, 6.07) is 12.6. The van der Waals surface area contributed by atoms with Crippen molar-refractivity contribution in [3.05, 3.63) is 71.3 Å². The average molecular weight is 274 g/mol. The fourth-order valence-corrected chi connectivity index (χ4v) is 2.14.